The molecule has 1 fully saturated rings. The largest absolute Gasteiger partial charge is 0.479 e. The van der Waals surface area contributed by atoms with Gasteiger partial charge in [0.1, 0.15) is 0 Å². The second kappa shape index (κ2) is 26.1. The molecule has 0 aromatic heterocycles. The Morgan fingerprint density at radius 1 is 0.844 bits per heavy atom. The number of benzene rings is 3. The second-order valence-electron chi connectivity index (χ2n) is 14.2. The Kier molecular flexibility index (Phi) is 20.7. The van der Waals surface area contributed by atoms with Crippen LogP contribution in [-0.2, 0) is 30.0 Å². The highest BCUT2D eigenvalue weighted by Gasteiger charge is 2.33. The van der Waals surface area contributed by atoms with Gasteiger partial charge in [0.15, 0.2) is 12.2 Å². The lowest BCUT2D eigenvalue weighted by Crippen LogP contribution is -2.46. The maximum absolute atomic E-state index is 13.5. The van der Waals surface area contributed by atoms with Gasteiger partial charge in [-0.3, -0.25) is 19.4 Å². The van der Waals surface area contributed by atoms with Crippen molar-refractivity contribution in [3.05, 3.63) is 93.5 Å². The van der Waals surface area contributed by atoms with Crippen LogP contribution in [0, 0.1) is 5.53 Å². The number of carboxylic acid groups (broad SMARTS) is 1. The van der Waals surface area contributed by atoms with Crippen LogP contribution in [0.15, 0.2) is 75.9 Å². The van der Waals surface area contributed by atoms with E-state index in [0.29, 0.717) is 12.0 Å². The minimum Gasteiger partial charge on any atom is -0.479 e. The van der Waals surface area contributed by atoms with E-state index < -0.39 is 58.7 Å². The number of halogens is 4. The molecule has 0 bridgehead atoms. The van der Waals surface area contributed by atoms with Crippen molar-refractivity contribution in [2.24, 2.45) is 15.2 Å². The number of anilines is 2. The quantitative estimate of drug-likeness (QED) is 0.0269. The molecule has 0 saturated carbocycles. The molecule has 0 radical (unpaired) electrons. The number of carbonyl (C=O) groups excluding carboxylic acids is 3. The van der Waals surface area contributed by atoms with Crippen molar-refractivity contribution in [2.75, 3.05) is 76.0 Å². The van der Waals surface area contributed by atoms with Crippen LogP contribution in [0.3, 0.4) is 0 Å². The normalized spacial score (nSPS) is 14.6. The fourth-order valence-electron chi connectivity index (χ4n) is 6.07. The van der Waals surface area contributed by atoms with E-state index in [4.69, 9.17) is 36.4 Å². The molecule has 22 heteroatoms. The van der Waals surface area contributed by atoms with E-state index in [9.17, 15) is 42.6 Å². The first-order valence-corrected chi connectivity index (χ1v) is 20.5. The summed E-state index contributed by atoms with van der Waals surface area (Å²) in [6, 6.07) is 14.4. The lowest BCUT2D eigenvalue weighted by molar-refractivity contribution is -0.158. The average Bonchev–Trinajstić information content (AvgIpc) is 3.28. The number of hydrogen-bond acceptors (Lipinski definition) is 14. The zero-order valence-corrected chi connectivity index (χ0v) is 35.3. The summed E-state index contributed by atoms with van der Waals surface area (Å²) in [7, 11) is 0. The molecule has 0 spiro atoms. The number of hydrazone groups is 1. The minimum atomic E-state index is -4.68. The molecule has 0 aliphatic carbocycles. The number of carboxylic acids is 1. The number of aliphatic carboxylic acids is 1. The number of piperidine rings is 1. The lowest BCUT2D eigenvalue weighted by atomic mass is 10.1. The van der Waals surface area contributed by atoms with Gasteiger partial charge in [0.25, 0.3) is 17.7 Å². The summed E-state index contributed by atoms with van der Waals surface area (Å²) >= 11 is 5.72. The fraction of sp³-hybridized carbons (Fsp3) is 0.429. The van der Waals surface area contributed by atoms with Gasteiger partial charge in [-0.05, 0) is 79.3 Å². The maximum atomic E-state index is 13.5. The minimum absolute atomic E-state index is 0.0158. The highest BCUT2D eigenvalue weighted by molar-refractivity contribution is 6.31. The molecule has 1 aliphatic rings. The molecule has 1 saturated heterocycles. The lowest BCUT2D eigenvalue weighted by Gasteiger charge is -2.29. The Bertz CT molecular complexity index is 2110. The Morgan fingerprint density at radius 2 is 1.53 bits per heavy atom. The molecule has 3 atom stereocenters. The summed E-state index contributed by atoms with van der Waals surface area (Å²) in [5.74, 6) is -3.98. The van der Waals surface area contributed by atoms with Gasteiger partial charge < -0.3 is 45.1 Å². The van der Waals surface area contributed by atoms with Crippen LogP contribution in [-0.4, -0.2) is 136 Å². The maximum Gasteiger partial charge on any atom is 0.417 e. The van der Waals surface area contributed by atoms with E-state index in [1.807, 2.05) is 0 Å². The first kappa shape index (κ1) is 50.8. The van der Waals surface area contributed by atoms with Crippen molar-refractivity contribution in [3.63, 3.8) is 0 Å². The van der Waals surface area contributed by atoms with E-state index >= 15 is 0 Å². The standard InChI is InChI=1S/C42H50ClF3N8O10/c43-34-9-7-28(22-33(34)42(44,45)46)25-50-53-39(58)32-23-31(54-13-2-1-3-14-54)8-10-35(32)51-38(57)29-6-4-5-27(21-29)24-48-26-30(52-47)11-15-62-17-19-64-20-18-63-16-12-49-40(59)36(55)37(56)41(60)61/h4-10,21-25,30,36-37,47,55-56H,1-3,11-20,26H2,(H,49,59)(H,51,57)(H,53,58)(H,60,61)/b48-24?,50-25-,52-47?. The Hall–Kier alpha value is -5.84. The molecule has 4 rings (SSSR count). The molecule has 3 unspecified atom stereocenters. The molecular weight excluding hydrogens is 869 g/mol. The van der Waals surface area contributed by atoms with E-state index in [0.717, 1.165) is 56.4 Å². The van der Waals surface area contributed by atoms with Gasteiger partial charge >= 0.3 is 12.1 Å². The van der Waals surface area contributed by atoms with Crippen molar-refractivity contribution < 1.29 is 61.9 Å². The molecule has 7 N–H and O–H groups in total. The number of carbonyl (C=O) groups is 4. The first-order valence-electron chi connectivity index (χ1n) is 20.1. The number of ether oxygens (including phenoxy) is 3. The zero-order valence-electron chi connectivity index (χ0n) is 34.6. The smallest absolute Gasteiger partial charge is 0.417 e. The van der Waals surface area contributed by atoms with Crippen molar-refractivity contribution in [1.82, 2.24) is 10.7 Å². The summed E-state index contributed by atoms with van der Waals surface area (Å²) in [6.07, 6.45) is -2.94. The van der Waals surface area contributed by atoms with Crippen LogP contribution in [0.1, 0.15) is 63.1 Å². The molecule has 3 aromatic rings. The number of nitrogens with one attached hydrogen (secondary N) is 4. The molecule has 64 heavy (non-hydrogen) atoms. The Morgan fingerprint density at radius 3 is 2.22 bits per heavy atom. The van der Waals surface area contributed by atoms with Gasteiger partial charge in [0, 0.05) is 43.7 Å². The van der Waals surface area contributed by atoms with Crippen LogP contribution in [0.2, 0.25) is 5.02 Å². The van der Waals surface area contributed by atoms with E-state index in [-0.39, 0.29) is 75.1 Å². The van der Waals surface area contributed by atoms with Gasteiger partial charge in [-0.2, -0.15) is 23.4 Å². The van der Waals surface area contributed by atoms with Crippen molar-refractivity contribution in [3.8, 4) is 0 Å². The first-order chi connectivity index (χ1) is 30.7. The molecular formula is C42H50ClF3N8O10. The van der Waals surface area contributed by atoms with Crippen LogP contribution < -0.4 is 21.0 Å². The molecule has 3 amide bonds. The molecule has 18 nitrogen and oxygen atoms in total. The van der Waals surface area contributed by atoms with Crippen LogP contribution in [0.25, 0.3) is 0 Å². The number of hydrogen-bond donors (Lipinski definition) is 7. The number of nitrogens with zero attached hydrogens (tertiary/aromatic N) is 4. The van der Waals surface area contributed by atoms with Gasteiger partial charge in [0.05, 0.1) is 73.7 Å². The Balaban J connectivity index is 1.23. The number of amides is 3. The third-order valence-corrected chi connectivity index (χ3v) is 9.82. The van der Waals surface area contributed by atoms with Crippen molar-refractivity contribution in [2.45, 2.75) is 50.1 Å². The summed E-state index contributed by atoms with van der Waals surface area (Å²) < 4.78 is 56.3. The summed E-state index contributed by atoms with van der Waals surface area (Å²) in [5, 5.41) is 39.3. The summed E-state index contributed by atoms with van der Waals surface area (Å²) in [5.41, 5.74) is 10.8. The van der Waals surface area contributed by atoms with Crippen LogP contribution in [0.4, 0.5) is 24.5 Å². The highest BCUT2D eigenvalue weighted by atomic mass is 35.5. The second-order valence-corrected chi connectivity index (χ2v) is 14.6. The third kappa shape index (κ3) is 16.7. The van der Waals surface area contributed by atoms with Crippen LogP contribution in [0.5, 0.6) is 0 Å². The Labute approximate surface area is 371 Å². The van der Waals surface area contributed by atoms with Gasteiger partial charge in [-0.1, -0.05) is 29.8 Å². The highest BCUT2D eigenvalue weighted by Crippen LogP contribution is 2.35. The van der Waals surface area contributed by atoms with Gasteiger partial charge in [-0.15, -0.1) is 0 Å². The van der Waals surface area contributed by atoms with E-state index in [1.165, 1.54) is 6.07 Å². The number of rotatable bonds is 25. The van der Waals surface area contributed by atoms with E-state index in [2.05, 4.69) is 36.2 Å². The van der Waals surface area contributed by atoms with E-state index in [1.54, 1.807) is 48.7 Å². The average molecular weight is 919 g/mol. The molecule has 346 valence electrons. The van der Waals surface area contributed by atoms with Crippen molar-refractivity contribution in [1.29, 1.82) is 5.53 Å². The summed E-state index contributed by atoms with van der Waals surface area (Å²) in [6.45, 7) is 3.05. The monoisotopic (exact) mass is 918 g/mol. The predicted molar refractivity (Wildman–Crippen MR) is 230 cm³/mol. The topological polar surface area (TPSA) is 257 Å². The summed E-state index contributed by atoms with van der Waals surface area (Å²) in [4.78, 5) is 55.7. The SMILES string of the molecule is N=NC(CCOCCOCCOCCNC(=O)C(O)C(O)C(=O)O)CN=Cc1cccc(C(=O)Nc2ccc(N3CCCCC3)cc2C(=O)N/N=C\c2ccc(Cl)c(C(F)(F)F)c2)c1. The van der Waals surface area contributed by atoms with Crippen LogP contribution >= 0.6 is 11.6 Å². The number of aliphatic imine (C=N–C) groups is 1. The van der Waals surface area contributed by atoms with Gasteiger partial charge in [-0.25, -0.2) is 15.8 Å². The fourth-order valence-corrected chi connectivity index (χ4v) is 6.29. The third-order valence-electron chi connectivity index (χ3n) is 9.49. The molecule has 3 aromatic carbocycles. The number of aliphatic hydroxyl groups excluding tert-OH is 2. The van der Waals surface area contributed by atoms with Crippen molar-refractivity contribution >= 4 is 59.1 Å². The molecule has 1 aliphatic heterocycles. The van der Waals surface area contributed by atoms with Gasteiger partial charge in [0.2, 0.25) is 0 Å². The number of alkyl halides is 3. The number of aliphatic hydroxyl groups is 2. The zero-order chi connectivity index (χ0) is 46.5. The predicted octanol–water partition coefficient (Wildman–Crippen LogP) is 4.55. The molecule has 1 heterocycles.